The molecule has 114 valence electrons. The predicted octanol–water partition coefficient (Wildman–Crippen LogP) is 1.79. The highest BCUT2D eigenvalue weighted by Gasteiger charge is 2.33. The second-order valence-corrected chi connectivity index (χ2v) is 5.03. The minimum absolute atomic E-state index is 0.101. The Morgan fingerprint density at radius 2 is 2.14 bits per heavy atom. The van der Waals surface area contributed by atoms with Crippen LogP contribution < -0.4 is 10.1 Å². The molecule has 1 aromatic carbocycles. The monoisotopic (exact) mass is 302 g/mol. The van der Waals surface area contributed by atoms with Gasteiger partial charge in [0.2, 0.25) is 5.69 Å². The third-order valence-electron chi connectivity index (χ3n) is 3.25. The standard InChI is InChI=1S/C14H14N4O4/c19-13(15-10-6-7-10)11-12(18(20)21)14(17-16-11)22-8-9-4-2-1-3-5-9/h1-5,10H,6-8H2,(H,15,19)(H,16,17). The smallest absolute Gasteiger partial charge is 0.362 e. The second kappa shape index (κ2) is 5.84. The van der Waals surface area contributed by atoms with E-state index in [0.29, 0.717) is 0 Å². The summed E-state index contributed by atoms with van der Waals surface area (Å²) in [4.78, 5) is 22.5. The quantitative estimate of drug-likeness (QED) is 0.624. The average Bonchev–Trinajstić information content (AvgIpc) is 3.21. The number of nitrogens with zero attached hydrogens (tertiary/aromatic N) is 2. The zero-order chi connectivity index (χ0) is 15.5. The van der Waals surface area contributed by atoms with Crippen LogP contribution in [-0.4, -0.2) is 27.1 Å². The molecule has 1 fully saturated rings. The first-order valence-corrected chi connectivity index (χ1v) is 6.85. The molecule has 1 aliphatic rings. The maximum absolute atomic E-state index is 12.0. The molecular formula is C14H14N4O4. The van der Waals surface area contributed by atoms with Gasteiger partial charge in [-0.05, 0) is 18.4 Å². The van der Waals surface area contributed by atoms with Crippen molar-refractivity contribution in [3.8, 4) is 5.88 Å². The number of carbonyl (C=O) groups excluding carboxylic acids is 1. The van der Waals surface area contributed by atoms with Crippen molar-refractivity contribution < 1.29 is 14.5 Å². The van der Waals surface area contributed by atoms with Crippen molar-refractivity contribution in [3.63, 3.8) is 0 Å². The molecule has 0 aliphatic heterocycles. The molecule has 0 spiro atoms. The summed E-state index contributed by atoms with van der Waals surface area (Å²) in [6.45, 7) is 0.135. The Balaban J connectivity index is 1.77. The Kier molecular flexibility index (Phi) is 3.73. The number of rotatable bonds is 6. The van der Waals surface area contributed by atoms with E-state index in [1.165, 1.54) is 0 Å². The molecule has 22 heavy (non-hydrogen) atoms. The van der Waals surface area contributed by atoms with Crippen LogP contribution in [0.25, 0.3) is 0 Å². The summed E-state index contributed by atoms with van der Waals surface area (Å²) in [5, 5.41) is 20.0. The second-order valence-electron chi connectivity index (χ2n) is 5.03. The summed E-state index contributed by atoms with van der Waals surface area (Å²) in [6, 6.07) is 9.31. The van der Waals surface area contributed by atoms with Gasteiger partial charge in [-0.2, -0.15) is 0 Å². The van der Waals surface area contributed by atoms with Crippen molar-refractivity contribution in [2.45, 2.75) is 25.5 Å². The van der Waals surface area contributed by atoms with Crippen molar-refractivity contribution in [2.75, 3.05) is 0 Å². The fourth-order valence-electron chi connectivity index (χ4n) is 1.96. The van der Waals surface area contributed by atoms with Gasteiger partial charge < -0.3 is 10.1 Å². The lowest BCUT2D eigenvalue weighted by atomic mass is 10.2. The number of aromatic nitrogens is 2. The largest absolute Gasteiger partial charge is 0.467 e. The number of aromatic amines is 1. The number of nitrogens with one attached hydrogen (secondary N) is 2. The minimum atomic E-state index is -0.661. The molecule has 3 rings (SSSR count). The molecular weight excluding hydrogens is 288 g/mol. The first kappa shape index (κ1) is 14.1. The van der Waals surface area contributed by atoms with Crippen molar-refractivity contribution in [1.82, 2.24) is 15.5 Å². The van der Waals surface area contributed by atoms with Gasteiger partial charge in [0.25, 0.3) is 5.91 Å². The maximum Gasteiger partial charge on any atom is 0.362 e. The van der Waals surface area contributed by atoms with Crippen LogP contribution in [0, 0.1) is 10.1 Å². The van der Waals surface area contributed by atoms with E-state index in [1.807, 2.05) is 30.3 Å². The topological polar surface area (TPSA) is 110 Å². The lowest BCUT2D eigenvalue weighted by Crippen LogP contribution is -2.26. The van der Waals surface area contributed by atoms with Crippen molar-refractivity contribution in [2.24, 2.45) is 0 Å². The van der Waals surface area contributed by atoms with Crippen molar-refractivity contribution in [3.05, 3.63) is 51.7 Å². The van der Waals surface area contributed by atoms with Gasteiger partial charge in [-0.1, -0.05) is 30.3 Å². The molecule has 8 nitrogen and oxygen atoms in total. The Morgan fingerprint density at radius 1 is 1.41 bits per heavy atom. The van der Waals surface area contributed by atoms with E-state index in [0.717, 1.165) is 18.4 Å². The number of nitro groups is 1. The molecule has 1 amide bonds. The van der Waals surface area contributed by atoms with Crippen LogP contribution in [0.15, 0.2) is 30.3 Å². The molecule has 0 bridgehead atoms. The zero-order valence-electron chi connectivity index (χ0n) is 11.6. The molecule has 0 atom stereocenters. The van der Waals surface area contributed by atoms with E-state index < -0.39 is 16.5 Å². The summed E-state index contributed by atoms with van der Waals surface area (Å²) in [5.41, 5.74) is 0.234. The van der Waals surface area contributed by atoms with E-state index in [2.05, 4.69) is 15.5 Å². The zero-order valence-corrected chi connectivity index (χ0v) is 11.6. The average molecular weight is 302 g/mol. The number of amides is 1. The van der Waals surface area contributed by atoms with E-state index in [1.54, 1.807) is 0 Å². The van der Waals surface area contributed by atoms with E-state index >= 15 is 0 Å². The van der Waals surface area contributed by atoms with Crippen LogP contribution >= 0.6 is 0 Å². The number of carbonyl (C=O) groups is 1. The first-order chi connectivity index (χ1) is 10.6. The number of H-pyrrole nitrogens is 1. The van der Waals surface area contributed by atoms with Gasteiger partial charge in [0.1, 0.15) is 6.61 Å². The normalized spacial score (nSPS) is 13.6. The van der Waals surface area contributed by atoms with Gasteiger partial charge in [-0.15, -0.1) is 5.10 Å². The van der Waals surface area contributed by atoms with Gasteiger partial charge in [-0.3, -0.25) is 20.0 Å². The minimum Gasteiger partial charge on any atom is -0.467 e. The molecule has 0 radical (unpaired) electrons. The summed E-state index contributed by atoms with van der Waals surface area (Å²) >= 11 is 0. The van der Waals surface area contributed by atoms with Crippen LogP contribution in [-0.2, 0) is 6.61 Å². The van der Waals surface area contributed by atoms with Gasteiger partial charge >= 0.3 is 11.6 Å². The van der Waals surface area contributed by atoms with E-state index in [4.69, 9.17) is 4.74 Å². The van der Waals surface area contributed by atoms with Crippen LogP contribution in [0.3, 0.4) is 0 Å². The number of hydrogen-bond donors (Lipinski definition) is 2. The van der Waals surface area contributed by atoms with E-state index in [9.17, 15) is 14.9 Å². The third-order valence-corrected chi connectivity index (χ3v) is 3.25. The SMILES string of the molecule is O=C(NC1CC1)c1[nH]nc(OCc2ccccc2)c1[N+](=O)[O-]. The molecule has 0 saturated heterocycles. The molecule has 1 saturated carbocycles. The van der Waals surface area contributed by atoms with Gasteiger partial charge in [-0.25, -0.2) is 0 Å². The molecule has 2 aromatic rings. The van der Waals surface area contributed by atoms with Crippen LogP contribution in [0.4, 0.5) is 5.69 Å². The molecule has 1 heterocycles. The fraction of sp³-hybridized carbons (Fsp3) is 0.286. The van der Waals surface area contributed by atoms with Crippen LogP contribution in [0.2, 0.25) is 0 Å². The van der Waals surface area contributed by atoms with Crippen LogP contribution in [0.5, 0.6) is 5.88 Å². The summed E-state index contributed by atoms with van der Waals surface area (Å²) in [6.07, 6.45) is 1.79. The molecule has 0 unspecified atom stereocenters. The number of ether oxygens (including phenoxy) is 1. The van der Waals surface area contributed by atoms with Gasteiger partial charge in [0.05, 0.1) is 4.92 Å². The van der Waals surface area contributed by atoms with Crippen molar-refractivity contribution >= 4 is 11.6 Å². The Morgan fingerprint density at radius 3 is 2.77 bits per heavy atom. The highest BCUT2D eigenvalue weighted by Crippen LogP contribution is 2.29. The van der Waals surface area contributed by atoms with Gasteiger partial charge in [0, 0.05) is 6.04 Å². The Hall–Kier alpha value is -2.90. The lowest BCUT2D eigenvalue weighted by molar-refractivity contribution is -0.386. The highest BCUT2D eigenvalue weighted by molar-refractivity contribution is 5.97. The Labute approximate surface area is 125 Å². The maximum atomic E-state index is 12.0. The summed E-state index contributed by atoms with van der Waals surface area (Å²) < 4.78 is 5.37. The summed E-state index contributed by atoms with van der Waals surface area (Å²) in [7, 11) is 0. The molecule has 1 aliphatic carbocycles. The molecule has 1 aromatic heterocycles. The predicted molar refractivity (Wildman–Crippen MR) is 76.5 cm³/mol. The van der Waals surface area contributed by atoms with E-state index in [-0.39, 0.29) is 24.2 Å². The Bertz CT molecular complexity index is 694. The third kappa shape index (κ3) is 3.05. The highest BCUT2D eigenvalue weighted by atomic mass is 16.6. The summed E-state index contributed by atoms with van der Waals surface area (Å²) in [5.74, 6) is -0.717. The fourth-order valence-corrected chi connectivity index (χ4v) is 1.96. The number of benzene rings is 1. The van der Waals surface area contributed by atoms with Crippen LogP contribution in [0.1, 0.15) is 28.9 Å². The first-order valence-electron chi connectivity index (χ1n) is 6.85. The van der Waals surface area contributed by atoms with Crippen molar-refractivity contribution in [1.29, 1.82) is 0 Å². The molecule has 2 N–H and O–H groups in total. The lowest BCUT2D eigenvalue weighted by Gasteiger charge is -2.03. The number of hydrogen-bond acceptors (Lipinski definition) is 5. The molecule has 8 heteroatoms. The van der Waals surface area contributed by atoms with Gasteiger partial charge in [0.15, 0.2) is 0 Å².